The van der Waals surface area contributed by atoms with Gasteiger partial charge in [-0.15, -0.1) is 0 Å². The van der Waals surface area contributed by atoms with Crippen molar-refractivity contribution in [1.29, 1.82) is 0 Å². The van der Waals surface area contributed by atoms with E-state index in [1.807, 2.05) is 71.6 Å². The second-order valence-corrected chi connectivity index (χ2v) is 6.26. The van der Waals surface area contributed by atoms with E-state index < -0.39 is 0 Å². The average Bonchev–Trinajstić information content (AvgIpc) is 3.23. The number of aromatic nitrogens is 2. The van der Waals surface area contributed by atoms with E-state index in [0.717, 1.165) is 16.6 Å². The molecule has 0 aliphatic rings. The number of carbonyl (C=O) groups excluding carboxylic acids is 1. The number of halogens is 1. The van der Waals surface area contributed by atoms with Crippen molar-refractivity contribution in [3.05, 3.63) is 95.4 Å². The molecular weight excluding hydrogens is 360 g/mol. The van der Waals surface area contributed by atoms with Gasteiger partial charge in [-0.1, -0.05) is 29.8 Å². The van der Waals surface area contributed by atoms with Gasteiger partial charge < -0.3 is 4.57 Å². The fourth-order valence-corrected chi connectivity index (χ4v) is 2.91. The predicted octanol–water partition coefficient (Wildman–Crippen LogP) is 4.44. The zero-order chi connectivity index (χ0) is 18.6. The van der Waals surface area contributed by atoms with E-state index in [1.165, 1.54) is 6.21 Å². The van der Waals surface area contributed by atoms with Gasteiger partial charge in [0.05, 0.1) is 11.7 Å². The van der Waals surface area contributed by atoms with Crippen LogP contribution in [0.4, 0.5) is 0 Å². The lowest BCUT2D eigenvalue weighted by Gasteiger charge is -2.05. The number of hydrogen-bond donors (Lipinski definition) is 1. The van der Waals surface area contributed by atoms with E-state index >= 15 is 0 Å². The van der Waals surface area contributed by atoms with Gasteiger partial charge in [0.15, 0.2) is 0 Å². The maximum atomic E-state index is 12.2. The van der Waals surface area contributed by atoms with Crippen LogP contribution < -0.4 is 5.43 Å². The van der Waals surface area contributed by atoms with Crippen LogP contribution in [-0.2, 0) is 0 Å². The van der Waals surface area contributed by atoms with Crippen molar-refractivity contribution in [2.75, 3.05) is 0 Å². The van der Waals surface area contributed by atoms with E-state index in [2.05, 4.69) is 15.5 Å². The summed E-state index contributed by atoms with van der Waals surface area (Å²) in [5.74, 6) is -0.296. The Bertz CT molecular complexity index is 1120. The van der Waals surface area contributed by atoms with Gasteiger partial charge in [0.25, 0.3) is 5.91 Å². The first kappa shape index (κ1) is 17.0. The third-order valence-electron chi connectivity index (χ3n) is 4.11. The molecule has 0 aliphatic heterocycles. The van der Waals surface area contributed by atoms with E-state index in [0.29, 0.717) is 16.3 Å². The van der Waals surface area contributed by atoms with E-state index in [1.54, 1.807) is 12.1 Å². The van der Waals surface area contributed by atoms with Crippen LogP contribution in [0.3, 0.4) is 0 Å². The third-order valence-corrected chi connectivity index (χ3v) is 4.41. The van der Waals surface area contributed by atoms with Gasteiger partial charge in [0.1, 0.15) is 5.15 Å². The summed E-state index contributed by atoms with van der Waals surface area (Å²) in [5, 5.41) is 5.29. The summed E-state index contributed by atoms with van der Waals surface area (Å²) >= 11 is 6.18. The van der Waals surface area contributed by atoms with Crippen LogP contribution >= 0.6 is 11.6 Å². The van der Waals surface area contributed by atoms with Crippen molar-refractivity contribution in [3.8, 4) is 5.69 Å². The quantitative estimate of drug-likeness (QED) is 0.326. The molecule has 6 heteroatoms. The van der Waals surface area contributed by atoms with Crippen LogP contribution in [0.2, 0.25) is 5.15 Å². The van der Waals surface area contributed by atoms with Crippen molar-refractivity contribution >= 4 is 34.6 Å². The van der Waals surface area contributed by atoms with Gasteiger partial charge in [0.2, 0.25) is 0 Å². The maximum absolute atomic E-state index is 12.2. The summed E-state index contributed by atoms with van der Waals surface area (Å²) in [6, 6.07) is 20.7. The van der Waals surface area contributed by atoms with Crippen LogP contribution in [-0.4, -0.2) is 21.7 Å². The van der Waals surface area contributed by atoms with Gasteiger partial charge in [-0.25, -0.2) is 10.4 Å². The number of nitrogens with zero attached hydrogens (tertiary/aromatic N) is 3. The number of pyridine rings is 1. The number of para-hydroxylation sites is 1. The molecule has 0 saturated heterocycles. The molecule has 1 amide bonds. The summed E-state index contributed by atoms with van der Waals surface area (Å²) in [6.07, 6.45) is 5.38. The lowest BCUT2D eigenvalue weighted by Crippen LogP contribution is -2.17. The van der Waals surface area contributed by atoms with Crippen LogP contribution in [0.15, 0.2) is 84.2 Å². The monoisotopic (exact) mass is 374 g/mol. The maximum Gasteiger partial charge on any atom is 0.271 e. The summed E-state index contributed by atoms with van der Waals surface area (Å²) < 4.78 is 1.97. The number of benzene rings is 2. The molecule has 2 aromatic heterocycles. The Morgan fingerprint density at radius 1 is 1.04 bits per heavy atom. The Kier molecular flexibility index (Phi) is 4.68. The number of rotatable bonds is 4. The number of amides is 1. The highest BCUT2D eigenvalue weighted by Gasteiger charge is 2.06. The van der Waals surface area contributed by atoms with Gasteiger partial charge in [-0.05, 0) is 48.5 Å². The largest absolute Gasteiger partial charge is 0.324 e. The molecule has 5 nitrogen and oxygen atoms in total. The molecule has 0 atom stereocenters. The van der Waals surface area contributed by atoms with Crippen molar-refractivity contribution in [3.63, 3.8) is 0 Å². The number of hydrogen-bond acceptors (Lipinski definition) is 3. The van der Waals surface area contributed by atoms with E-state index in [-0.39, 0.29) is 5.91 Å². The third kappa shape index (κ3) is 3.73. The fourth-order valence-electron chi connectivity index (χ4n) is 2.72. The van der Waals surface area contributed by atoms with Crippen LogP contribution in [0.25, 0.3) is 16.6 Å². The van der Waals surface area contributed by atoms with Crippen molar-refractivity contribution in [1.82, 2.24) is 15.0 Å². The molecule has 0 aliphatic carbocycles. The first-order valence-electron chi connectivity index (χ1n) is 8.33. The van der Waals surface area contributed by atoms with Gasteiger partial charge in [-0.3, -0.25) is 4.79 Å². The average molecular weight is 375 g/mol. The number of fused-ring (bicyclic) bond motifs is 1. The first-order valence-corrected chi connectivity index (χ1v) is 8.70. The zero-order valence-electron chi connectivity index (χ0n) is 14.2. The molecule has 2 aromatic carbocycles. The van der Waals surface area contributed by atoms with Crippen molar-refractivity contribution < 1.29 is 4.79 Å². The van der Waals surface area contributed by atoms with Crippen LogP contribution in [0.1, 0.15) is 15.9 Å². The topological polar surface area (TPSA) is 59.3 Å². The van der Waals surface area contributed by atoms with Crippen LogP contribution in [0.5, 0.6) is 0 Å². The Hall–Kier alpha value is -3.44. The Labute approximate surface area is 160 Å². The lowest BCUT2D eigenvalue weighted by molar-refractivity contribution is 0.0955. The van der Waals surface area contributed by atoms with Gasteiger partial charge in [0, 0.05) is 34.6 Å². The smallest absolute Gasteiger partial charge is 0.271 e. The highest BCUT2D eigenvalue weighted by molar-refractivity contribution is 6.32. The summed E-state index contributed by atoms with van der Waals surface area (Å²) in [5.41, 5.74) is 5.46. The number of nitrogens with one attached hydrogen (secondary N) is 1. The molecule has 0 spiro atoms. The molecule has 132 valence electrons. The molecule has 0 saturated carbocycles. The Morgan fingerprint density at radius 2 is 1.78 bits per heavy atom. The molecule has 0 radical (unpaired) electrons. The normalized spacial score (nSPS) is 11.1. The van der Waals surface area contributed by atoms with Gasteiger partial charge in [-0.2, -0.15) is 5.10 Å². The summed E-state index contributed by atoms with van der Waals surface area (Å²) in [6.45, 7) is 0. The standard InChI is InChI=1S/C21H15ClN4O/c22-20-17(13-16-5-1-2-6-19(16)24-20)14-23-25-21(27)15-7-9-18(10-8-15)26-11-3-4-12-26/h1-14H,(H,25,27). The van der Waals surface area contributed by atoms with E-state index in [9.17, 15) is 4.79 Å². The second-order valence-electron chi connectivity index (χ2n) is 5.90. The molecule has 0 fully saturated rings. The molecule has 1 N–H and O–H groups in total. The summed E-state index contributed by atoms with van der Waals surface area (Å²) in [4.78, 5) is 16.6. The molecule has 4 aromatic rings. The minimum atomic E-state index is -0.296. The first-order chi connectivity index (χ1) is 13.2. The molecular formula is C21H15ClN4O. The Balaban J connectivity index is 1.46. The van der Waals surface area contributed by atoms with E-state index in [4.69, 9.17) is 11.6 Å². The fraction of sp³-hybridized carbons (Fsp3) is 0. The second kappa shape index (κ2) is 7.43. The van der Waals surface area contributed by atoms with Crippen molar-refractivity contribution in [2.24, 2.45) is 5.10 Å². The predicted molar refractivity (Wildman–Crippen MR) is 108 cm³/mol. The lowest BCUT2D eigenvalue weighted by atomic mass is 10.2. The zero-order valence-corrected chi connectivity index (χ0v) is 15.0. The Morgan fingerprint density at radius 3 is 2.56 bits per heavy atom. The number of hydrazone groups is 1. The highest BCUT2D eigenvalue weighted by atomic mass is 35.5. The SMILES string of the molecule is O=C(NN=Cc1cc2ccccc2nc1Cl)c1ccc(-n2cccc2)cc1. The van der Waals surface area contributed by atoms with Gasteiger partial charge >= 0.3 is 0 Å². The minimum absolute atomic E-state index is 0.296. The molecule has 27 heavy (non-hydrogen) atoms. The summed E-state index contributed by atoms with van der Waals surface area (Å²) in [7, 11) is 0. The highest BCUT2D eigenvalue weighted by Crippen LogP contribution is 2.19. The molecule has 0 unspecified atom stereocenters. The molecule has 2 heterocycles. The molecule has 0 bridgehead atoms. The minimum Gasteiger partial charge on any atom is -0.324 e. The van der Waals surface area contributed by atoms with Crippen molar-refractivity contribution in [2.45, 2.75) is 0 Å². The molecule has 4 rings (SSSR count). The van der Waals surface area contributed by atoms with Crippen LogP contribution in [0, 0.1) is 0 Å². The number of carbonyl (C=O) groups is 1.